The van der Waals surface area contributed by atoms with Gasteiger partial charge in [0.1, 0.15) is 0 Å². The van der Waals surface area contributed by atoms with E-state index in [4.69, 9.17) is 0 Å². The highest BCUT2D eigenvalue weighted by Crippen LogP contribution is 2.05. The molecule has 70 valence electrons. The third kappa shape index (κ3) is 1.96. The van der Waals surface area contributed by atoms with Gasteiger partial charge in [0.25, 0.3) is 5.91 Å². The normalized spacial score (nSPS) is 9.69. The SMILES string of the molecule is C=CCN(C)C(=O)c1cn[nH]c1C. The topological polar surface area (TPSA) is 49.0 Å². The van der Waals surface area contributed by atoms with Crippen LogP contribution >= 0.6 is 0 Å². The van der Waals surface area contributed by atoms with Gasteiger partial charge in [0, 0.05) is 19.3 Å². The van der Waals surface area contributed by atoms with E-state index in [1.807, 2.05) is 6.92 Å². The predicted molar refractivity (Wildman–Crippen MR) is 50.5 cm³/mol. The molecule has 1 amide bonds. The average molecular weight is 179 g/mol. The number of nitrogens with zero attached hydrogens (tertiary/aromatic N) is 2. The Bertz CT molecular complexity index is 316. The van der Waals surface area contributed by atoms with Crippen LogP contribution in [-0.4, -0.2) is 34.6 Å². The molecule has 1 aromatic heterocycles. The first-order valence-electron chi connectivity index (χ1n) is 4.03. The molecule has 0 bridgehead atoms. The fourth-order valence-electron chi connectivity index (χ4n) is 1.05. The average Bonchev–Trinajstić information content (AvgIpc) is 2.50. The number of aryl methyl sites for hydroxylation is 1. The van der Waals surface area contributed by atoms with Crippen LogP contribution in [0, 0.1) is 6.92 Å². The standard InChI is InChI=1S/C9H13N3O/c1-4-5-12(3)9(13)8-6-10-11-7(8)2/h4,6H,1,5H2,2-3H3,(H,10,11). The summed E-state index contributed by atoms with van der Waals surface area (Å²) in [6.45, 7) is 5.94. The van der Waals surface area contributed by atoms with Gasteiger partial charge in [0.05, 0.1) is 11.8 Å². The number of nitrogens with one attached hydrogen (secondary N) is 1. The van der Waals surface area contributed by atoms with Gasteiger partial charge < -0.3 is 4.90 Å². The predicted octanol–water partition coefficient (Wildman–Crippen LogP) is 0.976. The number of hydrogen-bond acceptors (Lipinski definition) is 2. The fraction of sp³-hybridized carbons (Fsp3) is 0.333. The highest BCUT2D eigenvalue weighted by molar-refractivity contribution is 5.94. The quantitative estimate of drug-likeness (QED) is 0.703. The van der Waals surface area contributed by atoms with Gasteiger partial charge in [0.2, 0.25) is 0 Å². The number of rotatable bonds is 3. The molecule has 0 unspecified atom stereocenters. The number of aromatic nitrogens is 2. The minimum absolute atomic E-state index is 0.0360. The van der Waals surface area contributed by atoms with Crippen molar-refractivity contribution in [3.63, 3.8) is 0 Å². The number of H-pyrrole nitrogens is 1. The molecule has 1 rings (SSSR count). The van der Waals surface area contributed by atoms with Crippen molar-refractivity contribution < 1.29 is 4.79 Å². The first kappa shape index (κ1) is 9.51. The van der Waals surface area contributed by atoms with E-state index in [2.05, 4.69) is 16.8 Å². The van der Waals surface area contributed by atoms with Crippen LogP contribution in [0.2, 0.25) is 0 Å². The number of amides is 1. The smallest absolute Gasteiger partial charge is 0.257 e. The second kappa shape index (κ2) is 3.89. The summed E-state index contributed by atoms with van der Waals surface area (Å²) < 4.78 is 0. The summed E-state index contributed by atoms with van der Waals surface area (Å²) in [6, 6.07) is 0. The molecule has 4 nitrogen and oxygen atoms in total. The highest BCUT2D eigenvalue weighted by atomic mass is 16.2. The van der Waals surface area contributed by atoms with Crippen molar-refractivity contribution in [3.05, 3.63) is 30.1 Å². The molecule has 0 radical (unpaired) electrons. The van der Waals surface area contributed by atoms with Crippen molar-refractivity contribution in [1.82, 2.24) is 15.1 Å². The Balaban J connectivity index is 2.79. The molecule has 1 N–H and O–H groups in total. The molecular weight excluding hydrogens is 166 g/mol. The zero-order valence-corrected chi connectivity index (χ0v) is 7.87. The van der Waals surface area contributed by atoms with Crippen LogP contribution in [0.15, 0.2) is 18.9 Å². The lowest BCUT2D eigenvalue weighted by atomic mass is 10.2. The third-order valence-electron chi connectivity index (χ3n) is 1.81. The molecule has 0 spiro atoms. The minimum Gasteiger partial charge on any atom is -0.338 e. The Hall–Kier alpha value is -1.58. The van der Waals surface area contributed by atoms with Crippen LogP contribution in [-0.2, 0) is 0 Å². The van der Waals surface area contributed by atoms with E-state index in [-0.39, 0.29) is 5.91 Å². The molecule has 0 aliphatic rings. The Labute approximate surface area is 77.3 Å². The lowest BCUT2D eigenvalue weighted by Gasteiger charge is -2.13. The maximum Gasteiger partial charge on any atom is 0.257 e. The Morgan fingerprint density at radius 1 is 1.85 bits per heavy atom. The first-order valence-corrected chi connectivity index (χ1v) is 4.03. The van der Waals surface area contributed by atoms with Crippen LogP contribution in [0.25, 0.3) is 0 Å². The van der Waals surface area contributed by atoms with Gasteiger partial charge in [-0.15, -0.1) is 6.58 Å². The lowest BCUT2D eigenvalue weighted by molar-refractivity contribution is 0.0809. The number of carbonyl (C=O) groups is 1. The lowest BCUT2D eigenvalue weighted by Crippen LogP contribution is -2.26. The van der Waals surface area contributed by atoms with E-state index in [1.54, 1.807) is 18.0 Å². The van der Waals surface area contributed by atoms with E-state index in [0.29, 0.717) is 12.1 Å². The second-order valence-electron chi connectivity index (χ2n) is 2.88. The van der Waals surface area contributed by atoms with Crippen LogP contribution in [0.4, 0.5) is 0 Å². The molecular formula is C9H13N3O. The maximum atomic E-state index is 11.6. The van der Waals surface area contributed by atoms with Gasteiger partial charge in [0.15, 0.2) is 0 Å². The Morgan fingerprint density at radius 3 is 3.00 bits per heavy atom. The van der Waals surface area contributed by atoms with Crippen molar-refractivity contribution >= 4 is 5.91 Å². The largest absolute Gasteiger partial charge is 0.338 e. The summed E-state index contributed by atoms with van der Waals surface area (Å²) in [6.07, 6.45) is 3.23. The van der Waals surface area contributed by atoms with Crippen molar-refractivity contribution in [2.24, 2.45) is 0 Å². The van der Waals surface area contributed by atoms with E-state index in [9.17, 15) is 4.79 Å². The summed E-state index contributed by atoms with van der Waals surface area (Å²) >= 11 is 0. The molecule has 1 heterocycles. The number of aromatic amines is 1. The van der Waals surface area contributed by atoms with Gasteiger partial charge in [-0.2, -0.15) is 5.10 Å². The maximum absolute atomic E-state index is 11.6. The summed E-state index contributed by atoms with van der Waals surface area (Å²) in [5.41, 5.74) is 1.41. The zero-order chi connectivity index (χ0) is 9.84. The molecule has 0 atom stereocenters. The van der Waals surface area contributed by atoms with Crippen LogP contribution in [0.5, 0.6) is 0 Å². The molecule has 0 aliphatic heterocycles. The summed E-state index contributed by atoms with van der Waals surface area (Å²) in [5, 5.41) is 6.51. The van der Waals surface area contributed by atoms with Crippen LogP contribution in [0.3, 0.4) is 0 Å². The van der Waals surface area contributed by atoms with Crippen molar-refractivity contribution in [3.8, 4) is 0 Å². The van der Waals surface area contributed by atoms with Gasteiger partial charge in [-0.1, -0.05) is 6.08 Å². The molecule has 0 fully saturated rings. The third-order valence-corrected chi connectivity index (χ3v) is 1.81. The van der Waals surface area contributed by atoms with Gasteiger partial charge in [-0.3, -0.25) is 9.89 Å². The summed E-state index contributed by atoms with van der Waals surface area (Å²) in [5.74, 6) is -0.0360. The summed E-state index contributed by atoms with van der Waals surface area (Å²) in [7, 11) is 1.73. The molecule has 0 saturated heterocycles. The molecule has 0 saturated carbocycles. The molecule has 0 aromatic carbocycles. The van der Waals surface area contributed by atoms with Gasteiger partial charge in [-0.25, -0.2) is 0 Å². The second-order valence-corrected chi connectivity index (χ2v) is 2.88. The Kier molecular flexibility index (Phi) is 2.84. The van der Waals surface area contributed by atoms with Crippen molar-refractivity contribution in [2.45, 2.75) is 6.92 Å². The fourth-order valence-corrected chi connectivity index (χ4v) is 1.05. The summed E-state index contributed by atoms with van der Waals surface area (Å²) in [4.78, 5) is 13.2. The number of likely N-dealkylation sites (N-methyl/N-ethyl adjacent to an activating group) is 1. The van der Waals surface area contributed by atoms with Crippen LogP contribution in [0.1, 0.15) is 16.1 Å². The van der Waals surface area contributed by atoms with Crippen molar-refractivity contribution in [1.29, 1.82) is 0 Å². The molecule has 13 heavy (non-hydrogen) atoms. The minimum atomic E-state index is -0.0360. The van der Waals surface area contributed by atoms with E-state index < -0.39 is 0 Å². The van der Waals surface area contributed by atoms with Gasteiger partial charge in [-0.05, 0) is 6.92 Å². The van der Waals surface area contributed by atoms with E-state index in [0.717, 1.165) is 5.69 Å². The molecule has 4 heteroatoms. The molecule has 1 aromatic rings. The van der Waals surface area contributed by atoms with Crippen LogP contribution < -0.4 is 0 Å². The monoisotopic (exact) mass is 179 g/mol. The van der Waals surface area contributed by atoms with E-state index >= 15 is 0 Å². The van der Waals surface area contributed by atoms with Crippen molar-refractivity contribution in [2.75, 3.05) is 13.6 Å². The zero-order valence-electron chi connectivity index (χ0n) is 7.87. The highest BCUT2D eigenvalue weighted by Gasteiger charge is 2.13. The Morgan fingerprint density at radius 2 is 2.54 bits per heavy atom. The number of carbonyl (C=O) groups excluding carboxylic acids is 1. The number of hydrogen-bond donors (Lipinski definition) is 1. The van der Waals surface area contributed by atoms with Gasteiger partial charge >= 0.3 is 0 Å². The molecule has 0 aliphatic carbocycles. The van der Waals surface area contributed by atoms with E-state index in [1.165, 1.54) is 6.20 Å². The first-order chi connectivity index (χ1) is 6.16.